The van der Waals surface area contributed by atoms with Gasteiger partial charge in [-0.3, -0.25) is 0 Å². The summed E-state index contributed by atoms with van der Waals surface area (Å²) >= 11 is 6.02. The molecule has 2 rings (SSSR count). The number of rotatable bonds is 6. The average Bonchev–Trinajstić information content (AvgIpc) is 2.49. The summed E-state index contributed by atoms with van der Waals surface area (Å²) in [5, 5.41) is 9.79. The summed E-state index contributed by atoms with van der Waals surface area (Å²) in [7, 11) is 1.55. The quantitative estimate of drug-likeness (QED) is 0.881. The molecule has 0 saturated carbocycles. The Morgan fingerprint density at radius 3 is 2.59 bits per heavy atom. The summed E-state index contributed by atoms with van der Waals surface area (Å²) in [5.41, 5.74) is 1.81. The van der Waals surface area contributed by atoms with Gasteiger partial charge in [-0.25, -0.2) is 4.79 Å². The topological polar surface area (TPSA) is 55.8 Å². The maximum atomic E-state index is 11.5. The van der Waals surface area contributed by atoms with E-state index in [1.165, 1.54) is 0 Å². The molecule has 0 radical (unpaired) electrons. The number of para-hydroxylation sites is 1. The number of carboxylic acid groups (broad SMARTS) is 1. The minimum Gasteiger partial charge on any atom is -0.496 e. The van der Waals surface area contributed by atoms with Crippen LogP contribution in [0.25, 0.3) is 0 Å². The summed E-state index contributed by atoms with van der Waals surface area (Å²) in [6, 6.07) is 12.4. The molecule has 0 bridgehead atoms. The fraction of sp³-hybridized carbons (Fsp3) is 0.235. The first kappa shape index (κ1) is 16.2. The minimum atomic E-state index is -1.05. The van der Waals surface area contributed by atoms with Gasteiger partial charge in [-0.1, -0.05) is 41.4 Å². The second-order valence-corrected chi connectivity index (χ2v) is 5.30. The fourth-order valence-corrected chi connectivity index (χ4v) is 2.32. The molecule has 2 aromatic rings. The molecule has 2 aromatic carbocycles. The highest BCUT2D eigenvalue weighted by Crippen LogP contribution is 2.27. The number of benzene rings is 2. The molecule has 5 heteroatoms. The van der Waals surface area contributed by atoms with Crippen LogP contribution in [0.1, 0.15) is 11.1 Å². The van der Waals surface area contributed by atoms with Crippen molar-refractivity contribution in [2.45, 2.75) is 19.4 Å². The van der Waals surface area contributed by atoms with Crippen molar-refractivity contribution in [3.05, 3.63) is 58.6 Å². The molecule has 0 spiro atoms. The molecule has 0 unspecified atom stereocenters. The minimum absolute atomic E-state index is 0.186. The number of aryl methyl sites for hydroxylation is 1. The summed E-state index contributed by atoms with van der Waals surface area (Å²) < 4.78 is 10.8. The van der Waals surface area contributed by atoms with Gasteiger partial charge in [-0.05, 0) is 30.7 Å². The summed E-state index contributed by atoms with van der Waals surface area (Å²) in [6.45, 7) is 1.94. The maximum absolute atomic E-state index is 11.5. The van der Waals surface area contributed by atoms with Crippen LogP contribution in [-0.4, -0.2) is 24.3 Å². The Hall–Kier alpha value is -2.20. The van der Waals surface area contributed by atoms with Crippen LogP contribution >= 0.6 is 11.6 Å². The van der Waals surface area contributed by atoms with Gasteiger partial charge in [0.15, 0.2) is 6.10 Å². The predicted octanol–water partition coefficient (Wildman–Crippen LogP) is 3.73. The first-order valence-electron chi connectivity index (χ1n) is 6.78. The van der Waals surface area contributed by atoms with Crippen molar-refractivity contribution in [3.8, 4) is 11.5 Å². The molecule has 0 amide bonds. The van der Waals surface area contributed by atoms with E-state index in [0.717, 1.165) is 11.1 Å². The lowest BCUT2D eigenvalue weighted by atomic mass is 10.0. The number of aliphatic carboxylic acids is 1. The molecule has 0 saturated heterocycles. The second kappa shape index (κ2) is 7.18. The summed E-state index contributed by atoms with van der Waals surface area (Å²) in [6.07, 6.45) is -0.860. The van der Waals surface area contributed by atoms with Crippen molar-refractivity contribution in [1.29, 1.82) is 0 Å². The lowest BCUT2D eigenvalue weighted by molar-refractivity contribution is -0.145. The van der Waals surface area contributed by atoms with E-state index in [1.54, 1.807) is 31.4 Å². The van der Waals surface area contributed by atoms with E-state index in [1.807, 2.05) is 25.1 Å². The van der Waals surface area contributed by atoms with Gasteiger partial charge in [0, 0.05) is 6.42 Å². The Morgan fingerprint density at radius 1 is 1.23 bits per heavy atom. The third kappa shape index (κ3) is 3.92. The van der Waals surface area contributed by atoms with Crippen LogP contribution in [0, 0.1) is 6.92 Å². The molecule has 1 atom stereocenters. The summed E-state index contributed by atoms with van der Waals surface area (Å²) in [5.74, 6) is -0.0636. The second-order valence-electron chi connectivity index (χ2n) is 4.89. The highest BCUT2D eigenvalue weighted by molar-refractivity contribution is 6.32. The number of ether oxygens (including phenoxy) is 2. The van der Waals surface area contributed by atoms with Crippen molar-refractivity contribution in [2.75, 3.05) is 7.11 Å². The Morgan fingerprint density at radius 2 is 1.95 bits per heavy atom. The third-order valence-electron chi connectivity index (χ3n) is 3.22. The number of hydrogen-bond acceptors (Lipinski definition) is 3. The van der Waals surface area contributed by atoms with Crippen LogP contribution in [0.3, 0.4) is 0 Å². The van der Waals surface area contributed by atoms with Gasteiger partial charge in [0.05, 0.1) is 12.1 Å². The number of hydrogen-bond donors (Lipinski definition) is 1. The molecule has 4 nitrogen and oxygen atoms in total. The number of carbonyl (C=O) groups is 1. The third-order valence-corrected chi connectivity index (χ3v) is 3.53. The van der Waals surface area contributed by atoms with Crippen LogP contribution in [0.4, 0.5) is 0 Å². The zero-order valence-corrected chi connectivity index (χ0v) is 13.1. The number of carboxylic acids is 1. The van der Waals surface area contributed by atoms with E-state index in [9.17, 15) is 9.90 Å². The van der Waals surface area contributed by atoms with Crippen molar-refractivity contribution in [1.82, 2.24) is 0 Å². The van der Waals surface area contributed by atoms with E-state index in [4.69, 9.17) is 21.1 Å². The Labute approximate surface area is 134 Å². The molecular weight excluding hydrogens is 304 g/mol. The van der Waals surface area contributed by atoms with Crippen molar-refractivity contribution >= 4 is 17.6 Å². The van der Waals surface area contributed by atoms with Gasteiger partial charge in [-0.2, -0.15) is 0 Å². The fourth-order valence-electron chi connectivity index (χ4n) is 2.14. The largest absolute Gasteiger partial charge is 0.496 e. The highest BCUT2D eigenvalue weighted by Gasteiger charge is 2.23. The summed E-state index contributed by atoms with van der Waals surface area (Å²) in [4.78, 5) is 11.5. The molecule has 22 heavy (non-hydrogen) atoms. The average molecular weight is 321 g/mol. The van der Waals surface area contributed by atoms with Gasteiger partial charge >= 0.3 is 5.97 Å². The normalized spacial score (nSPS) is 11.8. The molecule has 0 aliphatic heterocycles. The molecule has 0 aliphatic carbocycles. The Balaban J connectivity index is 2.25. The SMILES string of the molecule is COc1ccc(C)cc1C[C@@H](Oc1ccccc1Cl)C(=O)O. The van der Waals surface area contributed by atoms with Gasteiger partial charge in [0.2, 0.25) is 0 Å². The molecule has 0 aromatic heterocycles. The first-order chi connectivity index (χ1) is 10.5. The van der Waals surface area contributed by atoms with E-state index in [2.05, 4.69) is 0 Å². The zero-order chi connectivity index (χ0) is 16.1. The monoisotopic (exact) mass is 320 g/mol. The smallest absolute Gasteiger partial charge is 0.345 e. The van der Waals surface area contributed by atoms with Crippen molar-refractivity contribution in [2.24, 2.45) is 0 Å². The Kier molecular flexibility index (Phi) is 5.28. The Bertz CT molecular complexity index is 669. The standard InChI is InChI=1S/C17H17ClO4/c1-11-7-8-14(21-2)12(9-11)10-16(17(19)20)22-15-6-4-3-5-13(15)18/h3-9,16H,10H2,1-2H3,(H,19,20)/t16-/m1/s1. The lowest BCUT2D eigenvalue weighted by Gasteiger charge is -2.18. The van der Waals surface area contributed by atoms with E-state index >= 15 is 0 Å². The molecule has 0 fully saturated rings. The van der Waals surface area contributed by atoms with Crippen LogP contribution in [0.2, 0.25) is 5.02 Å². The van der Waals surface area contributed by atoms with Crippen LogP contribution < -0.4 is 9.47 Å². The predicted molar refractivity (Wildman–Crippen MR) is 84.9 cm³/mol. The number of halogens is 1. The molecule has 1 N–H and O–H groups in total. The molecule has 116 valence electrons. The highest BCUT2D eigenvalue weighted by atomic mass is 35.5. The maximum Gasteiger partial charge on any atom is 0.345 e. The van der Waals surface area contributed by atoms with E-state index < -0.39 is 12.1 Å². The van der Waals surface area contributed by atoms with Gasteiger partial charge in [-0.15, -0.1) is 0 Å². The van der Waals surface area contributed by atoms with E-state index in [0.29, 0.717) is 16.5 Å². The van der Waals surface area contributed by atoms with Gasteiger partial charge < -0.3 is 14.6 Å². The van der Waals surface area contributed by atoms with Crippen molar-refractivity contribution < 1.29 is 19.4 Å². The molecule has 0 heterocycles. The van der Waals surface area contributed by atoms with Crippen LogP contribution in [-0.2, 0) is 11.2 Å². The number of methoxy groups -OCH3 is 1. The van der Waals surface area contributed by atoms with Gasteiger partial charge in [0.25, 0.3) is 0 Å². The molecule has 0 aliphatic rings. The first-order valence-corrected chi connectivity index (χ1v) is 7.16. The van der Waals surface area contributed by atoms with Crippen LogP contribution in [0.15, 0.2) is 42.5 Å². The van der Waals surface area contributed by atoms with Gasteiger partial charge in [0.1, 0.15) is 11.5 Å². The van der Waals surface area contributed by atoms with E-state index in [-0.39, 0.29) is 6.42 Å². The van der Waals surface area contributed by atoms with Crippen LogP contribution in [0.5, 0.6) is 11.5 Å². The molecular formula is C17H17ClO4. The van der Waals surface area contributed by atoms with Crippen molar-refractivity contribution in [3.63, 3.8) is 0 Å². The lowest BCUT2D eigenvalue weighted by Crippen LogP contribution is -2.29. The zero-order valence-electron chi connectivity index (χ0n) is 12.4.